The van der Waals surface area contributed by atoms with E-state index >= 15 is 0 Å². The van der Waals surface area contributed by atoms with E-state index in [1.54, 1.807) is 0 Å². The monoisotopic (exact) mass is 202 g/mol. The Kier molecular flexibility index (Phi) is 4.81. The summed E-state index contributed by atoms with van der Waals surface area (Å²) in [5, 5.41) is 18.7. The van der Waals surface area contributed by atoms with Crippen LogP contribution in [0.25, 0.3) is 0 Å². The molecule has 0 unspecified atom stereocenters. The van der Waals surface area contributed by atoms with Gasteiger partial charge in [0.15, 0.2) is 0 Å². The van der Waals surface area contributed by atoms with Crippen LogP contribution in [0.15, 0.2) is 0 Å². The molecule has 84 valence electrons. The number of rotatable bonds is 5. The maximum atomic E-state index is 9.34. The molecule has 1 rings (SSSR count). The van der Waals surface area contributed by atoms with Crippen LogP contribution in [-0.2, 0) is 0 Å². The number of β-amino-alcohol motifs (C(OH)–C–C–N with tert-alkyl or cyclic N) is 2. The summed E-state index contributed by atoms with van der Waals surface area (Å²) in [6, 6.07) is 0. The van der Waals surface area contributed by atoms with Gasteiger partial charge in [-0.05, 0) is 13.1 Å². The quantitative estimate of drug-likeness (QED) is 0.623. The zero-order valence-electron chi connectivity index (χ0n) is 9.19. The van der Waals surface area contributed by atoms with Crippen molar-refractivity contribution in [2.45, 2.75) is 26.1 Å². The third kappa shape index (κ3) is 3.20. The van der Waals surface area contributed by atoms with E-state index in [0.29, 0.717) is 13.1 Å². The number of aliphatic hydroxyl groups is 2. The predicted molar refractivity (Wildman–Crippen MR) is 56.2 cm³/mol. The zero-order chi connectivity index (χ0) is 10.6. The van der Waals surface area contributed by atoms with Crippen LogP contribution in [0.1, 0.15) is 13.8 Å². The maximum absolute atomic E-state index is 9.34. The first-order valence-corrected chi connectivity index (χ1v) is 5.48. The Hall–Kier alpha value is -0.160. The van der Waals surface area contributed by atoms with Gasteiger partial charge in [0.05, 0.1) is 12.2 Å². The molecule has 4 heteroatoms. The van der Waals surface area contributed by atoms with Crippen molar-refractivity contribution >= 4 is 0 Å². The van der Waals surface area contributed by atoms with E-state index in [0.717, 1.165) is 26.2 Å². The second kappa shape index (κ2) is 5.66. The Morgan fingerprint density at radius 3 is 2.07 bits per heavy atom. The van der Waals surface area contributed by atoms with Gasteiger partial charge in [-0.25, -0.2) is 0 Å². The largest absolute Gasteiger partial charge is 0.389 e. The van der Waals surface area contributed by atoms with Crippen molar-refractivity contribution in [3.05, 3.63) is 0 Å². The molecule has 2 atom stereocenters. The van der Waals surface area contributed by atoms with Crippen molar-refractivity contribution in [2.75, 3.05) is 39.3 Å². The Balaban J connectivity index is 2.19. The third-order valence-electron chi connectivity index (χ3n) is 2.96. The summed E-state index contributed by atoms with van der Waals surface area (Å²) in [4.78, 5) is 4.46. The molecule has 1 saturated heterocycles. The second-order valence-corrected chi connectivity index (χ2v) is 3.92. The molecular formula is C10H22N2O2. The fourth-order valence-electron chi connectivity index (χ4n) is 1.85. The van der Waals surface area contributed by atoms with Gasteiger partial charge in [-0.2, -0.15) is 0 Å². The van der Waals surface area contributed by atoms with E-state index in [-0.39, 0.29) is 0 Å². The summed E-state index contributed by atoms with van der Waals surface area (Å²) >= 11 is 0. The van der Waals surface area contributed by atoms with Gasteiger partial charge in [0.1, 0.15) is 0 Å². The molecule has 1 aliphatic rings. The van der Waals surface area contributed by atoms with Crippen molar-refractivity contribution < 1.29 is 10.2 Å². The summed E-state index contributed by atoms with van der Waals surface area (Å²) in [6.45, 7) is 9.62. The van der Waals surface area contributed by atoms with E-state index in [2.05, 4.69) is 23.6 Å². The standard InChI is InChI=1S/C10H22N2O2/c1-3-11(4-2)5-6-12-7-9(13)10(14)8-12/h9-10,13-14H,3-8H2,1-2H3/t9-,10+. The molecule has 0 bridgehead atoms. The average Bonchev–Trinajstić information content (AvgIpc) is 2.48. The molecule has 2 N–H and O–H groups in total. The van der Waals surface area contributed by atoms with E-state index in [4.69, 9.17) is 0 Å². The highest BCUT2D eigenvalue weighted by Gasteiger charge is 2.28. The molecule has 0 aromatic heterocycles. The smallest absolute Gasteiger partial charge is 0.0938 e. The van der Waals surface area contributed by atoms with Crippen molar-refractivity contribution in [2.24, 2.45) is 0 Å². The SMILES string of the molecule is CCN(CC)CCN1C[C@@H](O)[C@@H](O)C1. The van der Waals surface area contributed by atoms with Crippen molar-refractivity contribution in [3.8, 4) is 0 Å². The van der Waals surface area contributed by atoms with Gasteiger partial charge in [-0.3, -0.25) is 4.90 Å². The minimum Gasteiger partial charge on any atom is -0.389 e. The molecule has 14 heavy (non-hydrogen) atoms. The highest BCUT2D eigenvalue weighted by Crippen LogP contribution is 2.09. The van der Waals surface area contributed by atoms with Crippen LogP contribution in [0, 0.1) is 0 Å². The normalized spacial score (nSPS) is 28.9. The van der Waals surface area contributed by atoms with Gasteiger partial charge < -0.3 is 15.1 Å². The summed E-state index contributed by atoms with van der Waals surface area (Å²) in [7, 11) is 0. The van der Waals surface area contributed by atoms with Crippen molar-refractivity contribution in [1.82, 2.24) is 9.80 Å². The molecule has 0 radical (unpaired) electrons. The topological polar surface area (TPSA) is 46.9 Å². The lowest BCUT2D eigenvalue weighted by Crippen LogP contribution is -2.34. The van der Waals surface area contributed by atoms with Crippen LogP contribution in [-0.4, -0.2) is 71.5 Å². The first-order valence-electron chi connectivity index (χ1n) is 5.48. The highest BCUT2D eigenvalue weighted by molar-refractivity contribution is 4.83. The van der Waals surface area contributed by atoms with Crippen LogP contribution in [0.3, 0.4) is 0 Å². The molecule has 1 aliphatic heterocycles. The summed E-state index contributed by atoms with van der Waals surface area (Å²) in [5.74, 6) is 0. The lowest BCUT2D eigenvalue weighted by atomic mass is 10.3. The Morgan fingerprint density at radius 2 is 1.64 bits per heavy atom. The van der Waals surface area contributed by atoms with Gasteiger partial charge in [-0.15, -0.1) is 0 Å². The van der Waals surface area contributed by atoms with Gasteiger partial charge in [0, 0.05) is 26.2 Å². The van der Waals surface area contributed by atoms with E-state index in [1.165, 1.54) is 0 Å². The second-order valence-electron chi connectivity index (χ2n) is 3.92. The number of likely N-dealkylation sites (N-methyl/N-ethyl adjacent to an activating group) is 1. The Bertz CT molecular complexity index is 152. The molecular weight excluding hydrogens is 180 g/mol. The van der Waals surface area contributed by atoms with Gasteiger partial charge >= 0.3 is 0 Å². The first kappa shape index (κ1) is 11.9. The van der Waals surface area contributed by atoms with Crippen molar-refractivity contribution in [1.29, 1.82) is 0 Å². The molecule has 4 nitrogen and oxygen atoms in total. The third-order valence-corrected chi connectivity index (χ3v) is 2.96. The zero-order valence-corrected chi connectivity index (χ0v) is 9.19. The number of hydrogen-bond acceptors (Lipinski definition) is 4. The lowest BCUT2D eigenvalue weighted by Gasteiger charge is -2.22. The summed E-state index contributed by atoms with van der Waals surface area (Å²) in [6.07, 6.45) is -1.10. The van der Waals surface area contributed by atoms with Crippen LogP contribution >= 0.6 is 0 Å². The molecule has 0 aliphatic carbocycles. The van der Waals surface area contributed by atoms with E-state index in [9.17, 15) is 10.2 Å². The van der Waals surface area contributed by atoms with E-state index < -0.39 is 12.2 Å². The number of likely N-dealkylation sites (tertiary alicyclic amines) is 1. The van der Waals surface area contributed by atoms with Crippen LogP contribution < -0.4 is 0 Å². The highest BCUT2D eigenvalue weighted by atomic mass is 16.3. The number of aliphatic hydroxyl groups excluding tert-OH is 2. The Morgan fingerprint density at radius 1 is 1.14 bits per heavy atom. The fourth-order valence-corrected chi connectivity index (χ4v) is 1.85. The maximum Gasteiger partial charge on any atom is 0.0938 e. The summed E-state index contributed by atoms with van der Waals surface area (Å²) in [5.41, 5.74) is 0. The van der Waals surface area contributed by atoms with Gasteiger partial charge in [-0.1, -0.05) is 13.8 Å². The molecule has 1 heterocycles. The fraction of sp³-hybridized carbons (Fsp3) is 1.00. The molecule has 0 aromatic carbocycles. The van der Waals surface area contributed by atoms with Gasteiger partial charge in [0.25, 0.3) is 0 Å². The first-order chi connectivity index (χ1) is 6.67. The van der Waals surface area contributed by atoms with E-state index in [1.807, 2.05) is 0 Å². The molecule has 0 spiro atoms. The van der Waals surface area contributed by atoms with Crippen molar-refractivity contribution in [3.63, 3.8) is 0 Å². The van der Waals surface area contributed by atoms with Crippen LogP contribution in [0.5, 0.6) is 0 Å². The molecule has 0 saturated carbocycles. The number of nitrogens with zero attached hydrogens (tertiary/aromatic N) is 2. The molecule has 0 aromatic rings. The lowest BCUT2D eigenvalue weighted by molar-refractivity contribution is 0.0572. The molecule has 0 amide bonds. The van der Waals surface area contributed by atoms with Crippen LogP contribution in [0.4, 0.5) is 0 Å². The minimum atomic E-state index is -0.549. The predicted octanol–water partition coefficient (Wildman–Crippen LogP) is -0.634. The van der Waals surface area contributed by atoms with Gasteiger partial charge in [0.2, 0.25) is 0 Å². The van der Waals surface area contributed by atoms with Crippen LogP contribution in [0.2, 0.25) is 0 Å². The minimum absolute atomic E-state index is 0.549. The molecule has 1 fully saturated rings. The summed E-state index contributed by atoms with van der Waals surface area (Å²) < 4.78 is 0. The Labute approximate surface area is 86.1 Å². The number of hydrogen-bond donors (Lipinski definition) is 2. The average molecular weight is 202 g/mol.